The van der Waals surface area contributed by atoms with Crippen molar-refractivity contribution < 1.29 is 4.42 Å². The molecule has 0 spiro atoms. The van der Waals surface area contributed by atoms with Crippen molar-refractivity contribution in [3.8, 4) is 0 Å². The lowest BCUT2D eigenvalue weighted by Crippen LogP contribution is -2.02. The van der Waals surface area contributed by atoms with Crippen molar-refractivity contribution >= 4 is 0 Å². The van der Waals surface area contributed by atoms with Gasteiger partial charge in [0.15, 0.2) is 5.89 Å². The summed E-state index contributed by atoms with van der Waals surface area (Å²) in [5.74, 6) is 2.75. The molecule has 0 aliphatic heterocycles. The third-order valence-electron chi connectivity index (χ3n) is 3.23. The van der Waals surface area contributed by atoms with Crippen LogP contribution in [0.2, 0.25) is 0 Å². The molecule has 0 unspecified atom stereocenters. The van der Waals surface area contributed by atoms with E-state index in [1.54, 1.807) is 0 Å². The van der Waals surface area contributed by atoms with E-state index < -0.39 is 0 Å². The SMILES string of the molecule is NCCc1ncc(CCC2CCCC2)o1. The first-order valence-corrected chi connectivity index (χ1v) is 6.02. The Bertz CT molecular complexity index is 290. The van der Waals surface area contributed by atoms with Gasteiger partial charge in [-0.2, -0.15) is 0 Å². The summed E-state index contributed by atoms with van der Waals surface area (Å²) < 4.78 is 5.59. The lowest BCUT2D eigenvalue weighted by molar-refractivity contribution is 0.423. The van der Waals surface area contributed by atoms with Crippen LogP contribution >= 0.6 is 0 Å². The van der Waals surface area contributed by atoms with Crippen LogP contribution in [0.5, 0.6) is 0 Å². The molecule has 3 nitrogen and oxygen atoms in total. The number of rotatable bonds is 5. The van der Waals surface area contributed by atoms with E-state index in [2.05, 4.69) is 4.98 Å². The Labute approximate surface area is 91.1 Å². The van der Waals surface area contributed by atoms with E-state index >= 15 is 0 Å². The predicted molar refractivity (Wildman–Crippen MR) is 59.5 cm³/mol. The number of nitrogens with two attached hydrogens (primary N) is 1. The minimum absolute atomic E-state index is 0.614. The third-order valence-corrected chi connectivity index (χ3v) is 3.23. The summed E-state index contributed by atoms with van der Waals surface area (Å²) in [7, 11) is 0. The molecule has 1 heterocycles. The van der Waals surface area contributed by atoms with Crippen LogP contribution < -0.4 is 5.73 Å². The van der Waals surface area contributed by atoms with Crippen molar-refractivity contribution in [1.82, 2.24) is 4.98 Å². The van der Waals surface area contributed by atoms with E-state index in [0.717, 1.165) is 30.4 Å². The number of aromatic nitrogens is 1. The van der Waals surface area contributed by atoms with E-state index in [-0.39, 0.29) is 0 Å². The van der Waals surface area contributed by atoms with Crippen LogP contribution in [0.3, 0.4) is 0 Å². The van der Waals surface area contributed by atoms with Gasteiger partial charge in [0.1, 0.15) is 5.76 Å². The molecule has 0 radical (unpaired) electrons. The molecule has 15 heavy (non-hydrogen) atoms. The van der Waals surface area contributed by atoms with Crippen molar-refractivity contribution in [1.29, 1.82) is 0 Å². The number of oxazole rings is 1. The predicted octanol–water partition coefficient (Wildman–Crippen LogP) is 2.30. The lowest BCUT2D eigenvalue weighted by atomic mass is 10.0. The summed E-state index contributed by atoms with van der Waals surface area (Å²) >= 11 is 0. The second kappa shape index (κ2) is 5.31. The summed E-state index contributed by atoms with van der Waals surface area (Å²) in [6.45, 7) is 0.614. The van der Waals surface area contributed by atoms with Gasteiger partial charge >= 0.3 is 0 Å². The van der Waals surface area contributed by atoms with E-state index in [1.807, 2.05) is 6.20 Å². The van der Waals surface area contributed by atoms with Gasteiger partial charge in [-0.3, -0.25) is 0 Å². The van der Waals surface area contributed by atoms with Gasteiger partial charge in [-0.15, -0.1) is 0 Å². The zero-order chi connectivity index (χ0) is 10.5. The van der Waals surface area contributed by atoms with Gasteiger partial charge in [0, 0.05) is 19.4 Å². The molecule has 2 N–H and O–H groups in total. The summed E-state index contributed by atoms with van der Waals surface area (Å²) in [6.07, 6.45) is 10.6. The van der Waals surface area contributed by atoms with Gasteiger partial charge in [0.2, 0.25) is 0 Å². The monoisotopic (exact) mass is 208 g/mol. The summed E-state index contributed by atoms with van der Waals surface area (Å²) in [5, 5.41) is 0. The standard InChI is InChI=1S/C12H20N2O/c13-8-7-12-14-9-11(15-12)6-5-10-3-1-2-4-10/h9-10H,1-8,13H2. The van der Waals surface area contributed by atoms with Gasteiger partial charge in [0.25, 0.3) is 0 Å². The molecule has 1 fully saturated rings. The Kier molecular flexibility index (Phi) is 3.78. The Morgan fingerprint density at radius 1 is 1.33 bits per heavy atom. The maximum absolute atomic E-state index is 5.59. The molecular weight excluding hydrogens is 188 g/mol. The minimum Gasteiger partial charge on any atom is -0.446 e. The van der Waals surface area contributed by atoms with Crippen molar-refractivity contribution in [2.45, 2.75) is 44.9 Å². The van der Waals surface area contributed by atoms with Gasteiger partial charge in [-0.25, -0.2) is 4.98 Å². The molecule has 1 aromatic heterocycles. The van der Waals surface area contributed by atoms with Crippen LogP contribution in [0.15, 0.2) is 10.6 Å². The van der Waals surface area contributed by atoms with Crippen molar-refractivity contribution in [2.75, 3.05) is 6.54 Å². The summed E-state index contributed by atoms with van der Waals surface area (Å²) in [4.78, 5) is 4.20. The first kappa shape index (κ1) is 10.7. The Morgan fingerprint density at radius 2 is 2.13 bits per heavy atom. The second-order valence-corrected chi connectivity index (χ2v) is 4.45. The summed E-state index contributed by atoms with van der Waals surface area (Å²) in [5.41, 5.74) is 5.44. The number of hydrogen-bond donors (Lipinski definition) is 1. The molecule has 0 amide bonds. The van der Waals surface area contributed by atoms with Gasteiger partial charge in [-0.1, -0.05) is 25.7 Å². The fraction of sp³-hybridized carbons (Fsp3) is 0.750. The van der Waals surface area contributed by atoms with E-state index in [1.165, 1.54) is 32.1 Å². The highest BCUT2D eigenvalue weighted by molar-refractivity contribution is 4.95. The smallest absolute Gasteiger partial charge is 0.195 e. The minimum atomic E-state index is 0.614. The molecule has 2 rings (SSSR count). The van der Waals surface area contributed by atoms with Gasteiger partial charge in [-0.05, 0) is 12.3 Å². The molecule has 0 bridgehead atoms. The maximum atomic E-state index is 5.59. The Balaban J connectivity index is 1.77. The molecule has 0 aromatic carbocycles. The van der Waals surface area contributed by atoms with Crippen LogP contribution in [0.1, 0.15) is 43.8 Å². The average molecular weight is 208 g/mol. The quantitative estimate of drug-likeness (QED) is 0.807. The van der Waals surface area contributed by atoms with Crippen LogP contribution in [-0.2, 0) is 12.8 Å². The highest BCUT2D eigenvalue weighted by Gasteiger charge is 2.15. The highest BCUT2D eigenvalue weighted by Crippen LogP contribution is 2.28. The first-order valence-electron chi connectivity index (χ1n) is 6.02. The number of aryl methyl sites for hydroxylation is 1. The van der Waals surface area contributed by atoms with Crippen LogP contribution in [0.4, 0.5) is 0 Å². The maximum Gasteiger partial charge on any atom is 0.195 e. The van der Waals surface area contributed by atoms with E-state index in [0.29, 0.717) is 6.54 Å². The molecule has 3 heteroatoms. The second-order valence-electron chi connectivity index (χ2n) is 4.45. The molecule has 1 aliphatic carbocycles. The molecule has 1 aliphatic rings. The van der Waals surface area contributed by atoms with Crippen molar-refractivity contribution in [2.24, 2.45) is 11.7 Å². The van der Waals surface area contributed by atoms with Crippen LogP contribution in [0.25, 0.3) is 0 Å². The fourth-order valence-corrected chi connectivity index (χ4v) is 2.35. The van der Waals surface area contributed by atoms with Crippen LogP contribution in [-0.4, -0.2) is 11.5 Å². The Hall–Kier alpha value is -0.830. The molecule has 0 atom stereocenters. The average Bonchev–Trinajstić information content (AvgIpc) is 2.85. The molecule has 84 valence electrons. The van der Waals surface area contributed by atoms with E-state index in [9.17, 15) is 0 Å². The molecular formula is C12H20N2O. The Morgan fingerprint density at radius 3 is 2.87 bits per heavy atom. The van der Waals surface area contributed by atoms with Gasteiger partial charge in [0.05, 0.1) is 6.20 Å². The normalized spacial score (nSPS) is 17.4. The number of hydrogen-bond acceptors (Lipinski definition) is 3. The van der Waals surface area contributed by atoms with Crippen molar-refractivity contribution in [3.63, 3.8) is 0 Å². The zero-order valence-corrected chi connectivity index (χ0v) is 9.24. The highest BCUT2D eigenvalue weighted by atomic mass is 16.4. The lowest BCUT2D eigenvalue weighted by Gasteiger charge is -2.05. The first-order chi connectivity index (χ1) is 7.38. The topological polar surface area (TPSA) is 52.0 Å². The summed E-state index contributed by atoms with van der Waals surface area (Å²) in [6, 6.07) is 0. The molecule has 1 aromatic rings. The fourth-order valence-electron chi connectivity index (χ4n) is 2.35. The van der Waals surface area contributed by atoms with Gasteiger partial charge < -0.3 is 10.2 Å². The van der Waals surface area contributed by atoms with Crippen molar-refractivity contribution in [3.05, 3.63) is 17.8 Å². The molecule has 0 saturated heterocycles. The van der Waals surface area contributed by atoms with Crippen LogP contribution in [0, 0.1) is 5.92 Å². The zero-order valence-electron chi connectivity index (χ0n) is 9.24. The molecule has 1 saturated carbocycles. The third kappa shape index (κ3) is 3.06. The largest absolute Gasteiger partial charge is 0.446 e. The van der Waals surface area contributed by atoms with E-state index in [4.69, 9.17) is 10.2 Å². The number of nitrogens with zero attached hydrogens (tertiary/aromatic N) is 1.